The average molecular weight is 334 g/mol. The topological polar surface area (TPSA) is 39.4 Å². The summed E-state index contributed by atoms with van der Waals surface area (Å²) in [6.45, 7) is 4.49. The van der Waals surface area contributed by atoms with Crippen LogP contribution >= 0.6 is 0 Å². The molecule has 0 spiro atoms. The highest BCUT2D eigenvalue weighted by atomic mass is 16.5. The minimum Gasteiger partial charge on any atom is -0.489 e. The third-order valence-corrected chi connectivity index (χ3v) is 4.16. The zero-order valence-electron chi connectivity index (χ0n) is 14.6. The second-order valence-electron chi connectivity index (χ2n) is 6.03. The molecule has 128 valence electrons. The van der Waals surface area contributed by atoms with Crippen molar-refractivity contribution in [1.29, 1.82) is 0 Å². The lowest BCUT2D eigenvalue weighted by atomic mass is 10.0. The summed E-state index contributed by atoms with van der Waals surface area (Å²) < 4.78 is 11.3. The van der Waals surface area contributed by atoms with E-state index in [4.69, 9.17) is 9.15 Å². The van der Waals surface area contributed by atoms with Crippen molar-refractivity contribution in [3.8, 4) is 5.75 Å². The van der Waals surface area contributed by atoms with Gasteiger partial charge in [0, 0.05) is 17.0 Å². The van der Waals surface area contributed by atoms with Gasteiger partial charge in [0.2, 0.25) is 0 Å². The zero-order chi connectivity index (χ0) is 17.6. The molecule has 25 heavy (non-hydrogen) atoms. The van der Waals surface area contributed by atoms with Crippen LogP contribution in [-0.2, 0) is 6.42 Å². The fraction of sp³-hybridized carbons (Fsp3) is 0.227. The second-order valence-corrected chi connectivity index (χ2v) is 6.03. The van der Waals surface area contributed by atoms with E-state index in [1.165, 1.54) is 0 Å². The fourth-order valence-electron chi connectivity index (χ4n) is 2.93. The van der Waals surface area contributed by atoms with Gasteiger partial charge < -0.3 is 9.15 Å². The molecular formula is C22H22O3. The molecule has 1 heterocycles. The summed E-state index contributed by atoms with van der Waals surface area (Å²) in [7, 11) is 0. The first kappa shape index (κ1) is 17.0. The Balaban J connectivity index is 1.82. The lowest BCUT2D eigenvalue weighted by molar-refractivity contribution is 0.360. The smallest absolute Gasteiger partial charge is 0.336 e. The Kier molecular flexibility index (Phi) is 5.34. The van der Waals surface area contributed by atoms with Crippen LogP contribution in [0.1, 0.15) is 30.0 Å². The molecule has 0 atom stereocenters. The minimum absolute atomic E-state index is 0.305. The average Bonchev–Trinajstić information content (AvgIpc) is 2.62. The quantitative estimate of drug-likeness (QED) is 0.586. The van der Waals surface area contributed by atoms with Crippen LogP contribution in [0, 0.1) is 6.92 Å². The maximum atomic E-state index is 11.8. The third-order valence-electron chi connectivity index (χ3n) is 4.16. The number of hydrogen-bond donors (Lipinski definition) is 0. The summed E-state index contributed by atoms with van der Waals surface area (Å²) in [6.07, 6.45) is 5.85. The molecule has 0 fully saturated rings. The maximum absolute atomic E-state index is 11.8. The van der Waals surface area contributed by atoms with Gasteiger partial charge in [-0.3, -0.25) is 0 Å². The molecule has 3 nitrogen and oxygen atoms in total. The summed E-state index contributed by atoms with van der Waals surface area (Å²) in [5, 5.41) is 0.992. The standard InChI is InChI=1S/C22H22O3/c1-3-8-18-15-21(23)25-22-16(2)20(13-12-19(18)22)24-14-7-11-17-9-5-4-6-10-17/h4-7,9-13,15H,3,8,14H2,1-2H3. The van der Waals surface area contributed by atoms with Gasteiger partial charge in [0.1, 0.15) is 17.9 Å². The summed E-state index contributed by atoms with van der Waals surface area (Å²) in [6, 6.07) is 15.6. The van der Waals surface area contributed by atoms with Gasteiger partial charge in [0.25, 0.3) is 0 Å². The van der Waals surface area contributed by atoms with Crippen molar-refractivity contribution in [1.82, 2.24) is 0 Å². The van der Waals surface area contributed by atoms with Gasteiger partial charge in [-0.05, 0) is 42.7 Å². The Labute approximate surface area is 147 Å². The summed E-state index contributed by atoms with van der Waals surface area (Å²) >= 11 is 0. The fourth-order valence-corrected chi connectivity index (χ4v) is 2.93. The molecule has 0 aliphatic rings. The summed E-state index contributed by atoms with van der Waals surface area (Å²) in [5.74, 6) is 0.738. The summed E-state index contributed by atoms with van der Waals surface area (Å²) in [4.78, 5) is 11.8. The molecule has 2 aromatic carbocycles. The van der Waals surface area contributed by atoms with Crippen LogP contribution in [0.2, 0.25) is 0 Å². The number of fused-ring (bicyclic) bond motifs is 1. The van der Waals surface area contributed by atoms with Gasteiger partial charge >= 0.3 is 5.63 Å². The van der Waals surface area contributed by atoms with E-state index in [0.717, 1.165) is 40.7 Å². The molecule has 0 radical (unpaired) electrons. The highest BCUT2D eigenvalue weighted by molar-refractivity contribution is 5.85. The van der Waals surface area contributed by atoms with Crippen molar-refractivity contribution in [3.63, 3.8) is 0 Å². The lowest BCUT2D eigenvalue weighted by Gasteiger charge is -2.11. The van der Waals surface area contributed by atoms with E-state index < -0.39 is 0 Å². The molecule has 1 aromatic heterocycles. The lowest BCUT2D eigenvalue weighted by Crippen LogP contribution is -2.03. The Morgan fingerprint density at radius 3 is 2.68 bits per heavy atom. The van der Waals surface area contributed by atoms with E-state index in [2.05, 4.69) is 6.92 Å². The van der Waals surface area contributed by atoms with E-state index in [9.17, 15) is 4.79 Å². The van der Waals surface area contributed by atoms with Crippen molar-refractivity contribution in [2.75, 3.05) is 6.61 Å². The molecular weight excluding hydrogens is 312 g/mol. The molecule has 0 amide bonds. The predicted octanol–water partition coefficient (Wildman–Crippen LogP) is 5.15. The van der Waals surface area contributed by atoms with Crippen LogP contribution in [0.25, 0.3) is 17.0 Å². The van der Waals surface area contributed by atoms with Gasteiger partial charge in [0.05, 0.1) is 0 Å². The number of rotatable bonds is 6. The highest BCUT2D eigenvalue weighted by Gasteiger charge is 2.11. The number of hydrogen-bond acceptors (Lipinski definition) is 3. The first-order valence-corrected chi connectivity index (χ1v) is 8.59. The molecule has 0 saturated carbocycles. The SMILES string of the molecule is CCCc1cc(=O)oc2c(C)c(OCC=Cc3ccccc3)ccc12. The van der Waals surface area contributed by atoms with Crippen LogP contribution in [0.4, 0.5) is 0 Å². The van der Waals surface area contributed by atoms with Crippen molar-refractivity contribution < 1.29 is 9.15 Å². The Hall–Kier alpha value is -2.81. The second kappa shape index (κ2) is 7.84. The molecule has 0 bridgehead atoms. The Morgan fingerprint density at radius 2 is 1.92 bits per heavy atom. The number of ether oxygens (including phenoxy) is 1. The molecule has 3 rings (SSSR count). The van der Waals surface area contributed by atoms with Crippen molar-refractivity contribution >= 4 is 17.0 Å². The Bertz CT molecular complexity index is 937. The molecule has 0 unspecified atom stereocenters. The molecule has 0 aliphatic heterocycles. The third kappa shape index (κ3) is 4.00. The first-order chi connectivity index (χ1) is 12.2. The van der Waals surface area contributed by atoms with Crippen LogP contribution < -0.4 is 10.4 Å². The molecule has 0 saturated heterocycles. The van der Waals surface area contributed by atoms with Gasteiger partial charge in [-0.1, -0.05) is 49.8 Å². The van der Waals surface area contributed by atoms with Crippen LogP contribution in [-0.4, -0.2) is 6.61 Å². The number of benzene rings is 2. The van der Waals surface area contributed by atoms with Crippen LogP contribution in [0.3, 0.4) is 0 Å². The predicted molar refractivity (Wildman–Crippen MR) is 102 cm³/mol. The van der Waals surface area contributed by atoms with Gasteiger partial charge in [0.15, 0.2) is 0 Å². The minimum atomic E-state index is -0.305. The molecule has 0 N–H and O–H groups in total. The zero-order valence-corrected chi connectivity index (χ0v) is 14.6. The number of aryl methyl sites for hydroxylation is 2. The highest BCUT2D eigenvalue weighted by Crippen LogP contribution is 2.29. The van der Waals surface area contributed by atoms with Crippen molar-refractivity contribution in [2.24, 2.45) is 0 Å². The van der Waals surface area contributed by atoms with Crippen molar-refractivity contribution in [3.05, 3.63) is 81.7 Å². The molecule has 3 heteroatoms. The maximum Gasteiger partial charge on any atom is 0.336 e. The monoisotopic (exact) mass is 334 g/mol. The van der Waals surface area contributed by atoms with E-state index in [1.54, 1.807) is 6.07 Å². The van der Waals surface area contributed by atoms with Gasteiger partial charge in [-0.15, -0.1) is 0 Å². The van der Waals surface area contributed by atoms with Crippen LogP contribution in [0.5, 0.6) is 5.75 Å². The van der Waals surface area contributed by atoms with Gasteiger partial charge in [-0.25, -0.2) is 4.79 Å². The van der Waals surface area contributed by atoms with E-state index in [0.29, 0.717) is 12.2 Å². The van der Waals surface area contributed by atoms with Crippen LogP contribution in [0.15, 0.2) is 63.8 Å². The summed E-state index contributed by atoms with van der Waals surface area (Å²) in [5.41, 5.74) is 3.35. The van der Waals surface area contributed by atoms with Gasteiger partial charge in [-0.2, -0.15) is 0 Å². The van der Waals surface area contributed by atoms with Crippen molar-refractivity contribution in [2.45, 2.75) is 26.7 Å². The largest absolute Gasteiger partial charge is 0.489 e. The van der Waals surface area contributed by atoms with E-state index in [-0.39, 0.29) is 5.63 Å². The molecule has 3 aromatic rings. The Morgan fingerprint density at radius 1 is 1.12 bits per heavy atom. The normalized spacial score (nSPS) is 11.3. The molecule has 0 aliphatic carbocycles. The first-order valence-electron chi connectivity index (χ1n) is 8.59. The van der Waals surface area contributed by atoms with E-state index >= 15 is 0 Å². The van der Waals surface area contributed by atoms with E-state index in [1.807, 2.05) is 61.5 Å².